The standard InChI is InChI=1S/C22H19N5O6/c1-31-15-6-4-5-14(11-15)19(28)16-17(21(30)33-3)23-22-24-25-26-27(22)18(16)12-7-9-13(10-8-12)20(29)32-2/h4-11,18H,1-3H3,(H,23,24,26)/t18-/m0/s1. The molecule has 11 heteroatoms. The van der Waals surface area contributed by atoms with Crippen molar-refractivity contribution in [3.05, 3.63) is 76.5 Å². The smallest absolute Gasteiger partial charge is 0.355 e. The van der Waals surface area contributed by atoms with Crippen molar-refractivity contribution >= 4 is 23.7 Å². The Bertz CT molecular complexity index is 1260. The number of allylic oxidation sites excluding steroid dienone is 1. The summed E-state index contributed by atoms with van der Waals surface area (Å²) in [5.74, 6) is -1.09. The maximum atomic E-state index is 13.7. The minimum Gasteiger partial charge on any atom is -0.497 e. The van der Waals surface area contributed by atoms with Gasteiger partial charge in [-0.2, -0.15) is 4.68 Å². The first kappa shape index (κ1) is 21.7. The molecule has 1 N–H and O–H groups in total. The highest BCUT2D eigenvalue weighted by atomic mass is 16.5. The van der Waals surface area contributed by atoms with Crippen molar-refractivity contribution in [1.82, 2.24) is 20.2 Å². The number of methoxy groups -OCH3 is 3. The monoisotopic (exact) mass is 449 g/mol. The molecule has 0 saturated heterocycles. The molecule has 1 aromatic heterocycles. The van der Waals surface area contributed by atoms with Crippen LogP contribution in [0.25, 0.3) is 0 Å². The van der Waals surface area contributed by atoms with Gasteiger partial charge in [0.05, 0.1) is 32.5 Å². The molecule has 0 bridgehead atoms. The van der Waals surface area contributed by atoms with Gasteiger partial charge in [0.15, 0.2) is 5.78 Å². The van der Waals surface area contributed by atoms with Crippen molar-refractivity contribution in [2.45, 2.75) is 6.04 Å². The number of aromatic nitrogens is 4. The fraction of sp³-hybridized carbons (Fsp3) is 0.182. The summed E-state index contributed by atoms with van der Waals surface area (Å²) in [6.45, 7) is 0. The van der Waals surface area contributed by atoms with Crippen LogP contribution in [0.4, 0.5) is 5.95 Å². The normalized spacial score (nSPS) is 14.7. The number of tetrazole rings is 1. The average Bonchev–Trinajstić information content (AvgIpc) is 3.34. The maximum Gasteiger partial charge on any atom is 0.355 e. The molecule has 0 unspecified atom stereocenters. The third-order valence-electron chi connectivity index (χ3n) is 5.13. The van der Waals surface area contributed by atoms with E-state index in [0.29, 0.717) is 22.4 Å². The summed E-state index contributed by atoms with van der Waals surface area (Å²) in [4.78, 5) is 38.2. The van der Waals surface area contributed by atoms with Gasteiger partial charge in [-0.1, -0.05) is 29.4 Å². The third kappa shape index (κ3) is 3.91. The van der Waals surface area contributed by atoms with Crippen LogP contribution in [0, 0.1) is 0 Å². The maximum absolute atomic E-state index is 13.7. The molecule has 168 valence electrons. The topological polar surface area (TPSA) is 135 Å². The van der Waals surface area contributed by atoms with Gasteiger partial charge in [-0.25, -0.2) is 9.59 Å². The Hall–Kier alpha value is -4.54. The molecular weight excluding hydrogens is 430 g/mol. The number of carbonyl (C=O) groups excluding carboxylic acids is 3. The number of nitrogens with one attached hydrogen (secondary N) is 1. The minimum absolute atomic E-state index is 0.0701. The Morgan fingerprint density at radius 3 is 2.33 bits per heavy atom. The largest absolute Gasteiger partial charge is 0.497 e. The van der Waals surface area contributed by atoms with Crippen LogP contribution >= 0.6 is 0 Å². The first-order valence-electron chi connectivity index (χ1n) is 9.72. The van der Waals surface area contributed by atoms with E-state index in [9.17, 15) is 14.4 Å². The Labute approximate surface area is 187 Å². The molecule has 0 radical (unpaired) electrons. The van der Waals surface area contributed by atoms with Crippen LogP contribution < -0.4 is 10.1 Å². The van der Waals surface area contributed by atoms with Gasteiger partial charge < -0.3 is 19.5 Å². The number of ketones is 1. The molecular formula is C22H19N5O6. The van der Waals surface area contributed by atoms with E-state index in [1.165, 1.54) is 26.0 Å². The van der Waals surface area contributed by atoms with Crippen LogP contribution in [-0.2, 0) is 14.3 Å². The van der Waals surface area contributed by atoms with Crippen LogP contribution in [0.2, 0.25) is 0 Å². The Balaban J connectivity index is 1.90. The highest BCUT2D eigenvalue weighted by molar-refractivity contribution is 6.15. The summed E-state index contributed by atoms with van der Waals surface area (Å²) in [6.07, 6.45) is 0. The van der Waals surface area contributed by atoms with E-state index in [1.807, 2.05) is 0 Å². The predicted octanol–water partition coefficient (Wildman–Crippen LogP) is 1.79. The number of hydrogen-bond acceptors (Lipinski definition) is 10. The van der Waals surface area contributed by atoms with E-state index in [0.717, 1.165) is 0 Å². The molecule has 0 fully saturated rings. The zero-order valence-corrected chi connectivity index (χ0v) is 17.9. The SMILES string of the molecule is COC(=O)C1=C(C(=O)c2cccc(OC)c2)[C@H](c2ccc(C(=O)OC)cc2)n2nnnc2N1. The van der Waals surface area contributed by atoms with Crippen molar-refractivity contribution in [3.63, 3.8) is 0 Å². The minimum atomic E-state index is -0.879. The summed E-state index contributed by atoms with van der Waals surface area (Å²) in [7, 11) is 3.99. The van der Waals surface area contributed by atoms with Gasteiger partial charge in [-0.15, -0.1) is 0 Å². The van der Waals surface area contributed by atoms with Crippen LogP contribution in [0.15, 0.2) is 59.8 Å². The van der Waals surface area contributed by atoms with Crippen LogP contribution in [-0.4, -0.2) is 59.3 Å². The zero-order chi connectivity index (χ0) is 23.5. The summed E-state index contributed by atoms with van der Waals surface area (Å²) in [5, 5.41) is 14.4. The number of Topliss-reactive ketones (excluding diaryl/α,β-unsaturated/α-hetero) is 1. The molecule has 0 spiro atoms. The number of anilines is 1. The van der Waals surface area contributed by atoms with Crippen LogP contribution in [0.5, 0.6) is 5.75 Å². The molecule has 1 aliphatic heterocycles. The van der Waals surface area contributed by atoms with Gasteiger partial charge in [0.1, 0.15) is 17.5 Å². The van der Waals surface area contributed by atoms with E-state index in [-0.39, 0.29) is 17.2 Å². The number of fused-ring (bicyclic) bond motifs is 1. The lowest BCUT2D eigenvalue weighted by Crippen LogP contribution is -2.33. The molecule has 1 aliphatic rings. The van der Waals surface area contributed by atoms with Gasteiger partial charge in [0, 0.05) is 5.56 Å². The fourth-order valence-electron chi connectivity index (χ4n) is 3.54. The lowest BCUT2D eigenvalue weighted by molar-refractivity contribution is -0.136. The average molecular weight is 449 g/mol. The van der Waals surface area contributed by atoms with Crippen molar-refractivity contribution in [1.29, 1.82) is 0 Å². The quantitative estimate of drug-likeness (QED) is 0.438. The summed E-state index contributed by atoms with van der Waals surface area (Å²) < 4.78 is 16.3. The van der Waals surface area contributed by atoms with Crippen molar-refractivity contribution in [2.75, 3.05) is 26.6 Å². The number of esters is 2. The second kappa shape index (κ2) is 8.91. The first-order chi connectivity index (χ1) is 16.0. The second-order valence-electron chi connectivity index (χ2n) is 6.93. The van der Waals surface area contributed by atoms with Gasteiger partial charge in [-0.3, -0.25) is 4.79 Å². The molecule has 1 atom stereocenters. The second-order valence-corrected chi connectivity index (χ2v) is 6.93. The van der Waals surface area contributed by atoms with Crippen molar-refractivity contribution in [2.24, 2.45) is 0 Å². The van der Waals surface area contributed by atoms with Gasteiger partial charge in [-0.05, 0) is 40.3 Å². The van der Waals surface area contributed by atoms with Gasteiger partial charge in [0.25, 0.3) is 0 Å². The summed E-state index contributed by atoms with van der Waals surface area (Å²) >= 11 is 0. The fourth-order valence-corrected chi connectivity index (χ4v) is 3.54. The van der Waals surface area contributed by atoms with Crippen molar-refractivity contribution < 1.29 is 28.6 Å². The molecule has 0 saturated carbocycles. The number of ether oxygens (including phenoxy) is 3. The number of nitrogens with zero attached hydrogens (tertiary/aromatic N) is 4. The predicted molar refractivity (Wildman–Crippen MR) is 114 cm³/mol. The van der Waals surface area contributed by atoms with E-state index in [4.69, 9.17) is 14.2 Å². The van der Waals surface area contributed by atoms with Crippen LogP contribution in [0.3, 0.4) is 0 Å². The van der Waals surface area contributed by atoms with Crippen molar-refractivity contribution in [3.8, 4) is 5.75 Å². The summed E-state index contributed by atoms with van der Waals surface area (Å²) in [6, 6.07) is 12.1. The summed E-state index contributed by atoms with van der Waals surface area (Å²) in [5.41, 5.74) is 1.16. The van der Waals surface area contributed by atoms with E-state index in [2.05, 4.69) is 20.8 Å². The Morgan fingerprint density at radius 1 is 0.939 bits per heavy atom. The highest BCUT2D eigenvalue weighted by Gasteiger charge is 2.38. The molecule has 11 nitrogen and oxygen atoms in total. The zero-order valence-electron chi connectivity index (χ0n) is 17.9. The third-order valence-corrected chi connectivity index (χ3v) is 5.13. The number of hydrogen-bond donors (Lipinski definition) is 1. The Morgan fingerprint density at radius 2 is 1.67 bits per heavy atom. The first-order valence-corrected chi connectivity index (χ1v) is 9.72. The lowest BCUT2D eigenvalue weighted by atomic mass is 9.89. The number of carbonyl (C=O) groups is 3. The van der Waals surface area contributed by atoms with Crippen LogP contribution in [0.1, 0.15) is 32.3 Å². The number of rotatable bonds is 6. The molecule has 2 aromatic carbocycles. The molecule has 33 heavy (non-hydrogen) atoms. The molecule has 3 aromatic rings. The number of benzene rings is 2. The lowest BCUT2D eigenvalue weighted by Gasteiger charge is -2.28. The van der Waals surface area contributed by atoms with Gasteiger partial charge in [0.2, 0.25) is 5.95 Å². The molecule has 4 rings (SSSR count). The van der Waals surface area contributed by atoms with Gasteiger partial charge >= 0.3 is 11.9 Å². The molecule has 2 heterocycles. The molecule has 0 amide bonds. The van der Waals surface area contributed by atoms with E-state index in [1.54, 1.807) is 48.5 Å². The Kier molecular flexibility index (Phi) is 5.85. The van der Waals surface area contributed by atoms with E-state index >= 15 is 0 Å². The van der Waals surface area contributed by atoms with E-state index < -0.39 is 23.8 Å². The molecule has 0 aliphatic carbocycles. The highest BCUT2D eigenvalue weighted by Crippen LogP contribution is 2.37.